The number of piperidine rings is 1. The van der Waals surface area contributed by atoms with Gasteiger partial charge < -0.3 is 14.7 Å². The van der Waals surface area contributed by atoms with Crippen LogP contribution in [-0.2, 0) is 9.53 Å². The molecule has 2 aliphatic rings. The fourth-order valence-corrected chi connectivity index (χ4v) is 5.03. The number of anilines is 1. The van der Waals surface area contributed by atoms with Crippen LogP contribution in [0.5, 0.6) is 0 Å². The van der Waals surface area contributed by atoms with E-state index in [1.165, 1.54) is 0 Å². The van der Waals surface area contributed by atoms with E-state index in [1.54, 1.807) is 0 Å². The lowest BCUT2D eigenvalue weighted by Gasteiger charge is -2.36. The van der Waals surface area contributed by atoms with Crippen LogP contribution >= 0.6 is 0 Å². The van der Waals surface area contributed by atoms with Gasteiger partial charge >= 0.3 is 5.97 Å². The molecular formula is C26H31N5O3. The Morgan fingerprint density at radius 3 is 2.38 bits per heavy atom. The van der Waals surface area contributed by atoms with Crippen molar-refractivity contribution in [3.05, 3.63) is 48.7 Å². The number of carboxylic acid groups (broad SMARTS) is 1. The highest BCUT2D eigenvalue weighted by Crippen LogP contribution is 2.31. The zero-order chi connectivity index (χ0) is 23.3. The molecule has 1 aliphatic carbocycles. The molecule has 0 atom stereocenters. The Labute approximate surface area is 199 Å². The molecule has 0 radical (unpaired) electrons. The van der Waals surface area contributed by atoms with Crippen LogP contribution in [0, 0.1) is 5.92 Å². The number of carboxylic acids is 1. The van der Waals surface area contributed by atoms with Gasteiger partial charge in [-0.1, -0.05) is 30.3 Å². The van der Waals surface area contributed by atoms with Crippen LogP contribution < -0.4 is 4.90 Å². The number of aromatic amines is 1. The number of benzene rings is 1. The van der Waals surface area contributed by atoms with Gasteiger partial charge in [0.15, 0.2) is 11.6 Å². The molecule has 1 saturated heterocycles. The third-order valence-electron chi connectivity index (χ3n) is 6.95. The summed E-state index contributed by atoms with van der Waals surface area (Å²) in [6.45, 7) is 1.84. The Kier molecular flexibility index (Phi) is 6.85. The van der Waals surface area contributed by atoms with E-state index in [2.05, 4.69) is 25.1 Å². The van der Waals surface area contributed by atoms with Gasteiger partial charge in [-0.3, -0.25) is 9.89 Å². The largest absolute Gasteiger partial charge is 0.481 e. The fraction of sp³-hybridized carbons (Fsp3) is 0.462. The third-order valence-corrected chi connectivity index (χ3v) is 6.95. The number of H-pyrrole nitrogens is 1. The predicted molar refractivity (Wildman–Crippen MR) is 129 cm³/mol. The summed E-state index contributed by atoms with van der Waals surface area (Å²) in [6, 6.07) is 14.0. The smallest absolute Gasteiger partial charge is 0.303 e. The molecule has 5 rings (SSSR count). The molecule has 2 fully saturated rings. The van der Waals surface area contributed by atoms with E-state index in [0.717, 1.165) is 68.6 Å². The van der Waals surface area contributed by atoms with Gasteiger partial charge in [0.1, 0.15) is 5.82 Å². The predicted octanol–water partition coefficient (Wildman–Crippen LogP) is 4.55. The molecule has 178 valence electrons. The van der Waals surface area contributed by atoms with Gasteiger partial charge in [-0.25, -0.2) is 9.97 Å². The van der Waals surface area contributed by atoms with E-state index in [-0.39, 0.29) is 12.2 Å². The second kappa shape index (κ2) is 10.3. The summed E-state index contributed by atoms with van der Waals surface area (Å²) in [5.41, 5.74) is 1.89. The number of nitrogens with zero attached hydrogens (tertiary/aromatic N) is 4. The quantitative estimate of drug-likeness (QED) is 0.532. The van der Waals surface area contributed by atoms with Crippen molar-refractivity contribution < 1.29 is 14.6 Å². The van der Waals surface area contributed by atoms with Gasteiger partial charge in [-0.15, -0.1) is 0 Å². The molecule has 3 heterocycles. The molecule has 34 heavy (non-hydrogen) atoms. The number of carbonyl (C=O) groups is 1. The van der Waals surface area contributed by atoms with Crippen molar-refractivity contribution in [2.45, 2.75) is 57.2 Å². The highest BCUT2D eigenvalue weighted by molar-refractivity contribution is 5.67. The molecule has 0 spiro atoms. The van der Waals surface area contributed by atoms with Crippen LogP contribution in [0.25, 0.3) is 22.8 Å². The SMILES string of the molecule is O=C(O)C[C@H]1CC[C@@H](OC2CCN(c3ccc(-c4nc(-c5ccccc5)n[nH]4)cn3)CC2)CC1. The molecule has 0 unspecified atom stereocenters. The molecule has 2 N–H and O–H groups in total. The maximum Gasteiger partial charge on any atom is 0.303 e. The molecular weight excluding hydrogens is 430 g/mol. The van der Waals surface area contributed by atoms with Gasteiger partial charge in [0.05, 0.1) is 12.2 Å². The average Bonchev–Trinajstić information content (AvgIpc) is 3.37. The summed E-state index contributed by atoms with van der Waals surface area (Å²) in [5.74, 6) is 1.99. The van der Waals surface area contributed by atoms with E-state index >= 15 is 0 Å². The zero-order valence-electron chi connectivity index (χ0n) is 19.3. The normalized spacial score (nSPS) is 21.5. The number of hydrogen-bond acceptors (Lipinski definition) is 6. The number of rotatable bonds is 7. The monoisotopic (exact) mass is 461 g/mol. The number of aliphatic carboxylic acids is 1. The maximum atomic E-state index is 10.9. The summed E-state index contributed by atoms with van der Waals surface area (Å²) in [7, 11) is 0. The van der Waals surface area contributed by atoms with Crippen LogP contribution in [0.15, 0.2) is 48.7 Å². The third kappa shape index (κ3) is 5.44. The lowest BCUT2D eigenvalue weighted by molar-refractivity contribution is -0.138. The van der Waals surface area contributed by atoms with Gasteiger partial charge in [-0.2, -0.15) is 5.10 Å². The molecule has 0 bridgehead atoms. The van der Waals surface area contributed by atoms with Crippen molar-refractivity contribution in [3.8, 4) is 22.8 Å². The molecule has 2 aromatic heterocycles. The summed E-state index contributed by atoms with van der Waals surface area (Å²) in [6.07, 6.45) is 8.56. The fourth-order valence-electron chi connectivity index (χ4n) is 5.03. The summed E-state index contributed by atoms with van der Waals surface area (Å²) in [5, 5.41) is 16.3. The molecule has 1 aromatic carbocycles. The van der Waals surface area contributed by atoms with Crippen LogP contribution in [0.1, 0.15) is 44.9 Å². The van der Waals surface area contributed by atoms with Crippen molar-refractivity contribution in [1.82, 2.24) is 20.2 Å². The van der Waals surface area contributed by atoms with Gasteiger partial charge in [0, 0.05) is 36.8 Å². The van der Waals surface area contributed by atoms with Gasteiger partial charge in [0.25, 0.3) is 0 Å². The average molecular weight is 462 g/mol. The minimum atomic E-state index is -0.684. The Bertz CT molecular complexity index is 1070. The van der Waals surface area contributed by atoms with E-state index in [4.69, 9.17) is 9.84 Å². The van der Waals surface area contributed by atoms with Crippen molar-refractivity contribution in [1.29, 1.82) is 0 Å². The first-order valence-electron chi connectivity index (χ1n) is 12.2. The molecule has 8 heteroatoms. The Balaban J connectivity index is 1.11. The Morgan fingerprint density at radius 1 is 0.971 bits per heavy atom. The van der Waals surface area contributed by atoms with Crippen molar-refractivity contribution >= 4 is 11.8 Å². The van der Waals surface area contributed by atoms with Crippen molar-refractivity contribution in [3.63, 3.8) is 0 Å². The zero-order valence-corrected chi connectivity index (χ0v) is 19.3. The van der Waals surface area contributed by atoms with Crippen molar-refractivity contribution in [2.75, 3.05) is 18.0 Å². The molecule has 3 aromatic rings. The summed E-state index contributed by atoms with van der Waals surface area (Å²) in [4.78, 5) is 22.5. The van der Waals surface area contributed by atoms with Gasteiger partial charge in [0.2, 0.25) is 0 Å². The van der Waals surface area contributed by atoms with Gasteiger partial charge in [-0.05, 0) is 56.6 Å². The van der Waals surface area contributed by atoms with E-state index < -0.39 is 5.97 Å². The molecule has 1 aliphatic heterocycles. The first-order chi connectivity index (χ1) is 16.6. The first kappa shape index (κ1) is 22.5. The highest BCUT2D eigenvalue weighted by atomic mass is 16.5. The number of nitrogens with one attached hydrogen (secondary N) is 1. The Morgan fingerprint density at radius 2 is 1.71 bits per heavy atom. The number of hydrogen-bond donors (Lipinski definition) is 2. The second-order valence-electron chi connectivity index (χ2n) is 9.34. The Hall–Kier alpha value is -3.26. The number of ether oxygens (including phenoxy) is 1. The summed E-state index contributed by atoms with van der Waals surface area (Å²) < 4.78 is 6.37. The molecule has 0 amide bonds. The van der Waals surface area contributed by atoms with Crippen molar-refractivity contribution in [2.24, 2.45) is 5.92 Å². The lowest BCUT2D eigenvalue weighted by Crippen LogP contribution is -2.39. The second-order valence-corrected chi connectivity index (χ2v) is 9.34. The van der Waals surface area contributed by atoms with Crippen LogP contribution in [0.3, 0.4) is 0 Å². The van der Waals surface area contributed by atoms with Crippen LogP contribution in [0.4, 0.5) is 5.82 Å². The minimum Gasteiger partial charge on any atom is -0.481 e. The lowest BCUT2D eigenvalue weighted by atomic mass is 9.85. The standard InChI is InChI=1S/C26H31N5O3/c32-24(33)16-18-6-9-21(10-7-18)34-22-12-14-31(15-13-22)23-11-8-20(17-27-23)26-28-25(29-30-26)19-4-2-1-3-5-19/h1-5,8,11,17-18,21-22H,6-7,9-10,12-16H2,(H,32,33)(H,28,29,30)/t18-,21+. The number of aromatic nitrogens is 4. The van der Waals surface area contributed by atoms with Crippen LogP contribution in [0.2, 0.25) is 0 Å². The van der Waals surface area contributed by atoms with E-state index in [0.29, 0.717) is 24.0 Å². The van der Waals surface area contributed by atoms with E-state index in [1.807, 2.05) is 48.7 Å². The van der Waals surface area contributed by atoms with E-state index in [9.17, 15) is 4.79 Å². The topological polar surface area (TPSA) is 104 Å². The first-order valence-corrected chi connectivity index (χ1v) is 12.2. The maximum absolute atomic E-state index is 10.9. The molecule has 8 nitrogen and oxygen atoms in total. The number of pyridine rings is 1. The van der Waals surface area contributed by atoms with Crippen LogP contribution in [-0.4, -0.2) is 56.5 Å². The summed E-state index contributed by atoms with van der Waals surface area (Å²) >= 11 is 0. The highest BCUT2D eigenvalue weighted by Gasteiger charge is 2.28. The minimum absolute atomic E-state index is 0.279. The molecule has 1 saturated carbocycles.